The summed E-state index contributed by atoms with van der Waals surface area (Å²) in [5, 5.41) is 117. The average molecular weight is 1560 g/mol. The van der Waals surface area contributed by atoms with E-state index in [-0.39, 0.29) is 151 Å². The molecule has 4 saturated heterocycles. The molecule has 14 atom stereocenters. The van der Waals surface area contributed by atoms with Gasteiger partial charge in [-0.05, 0) is 93.5 Å². The van der Waals surface area contributed by atoms with Gasteiger partial charge in [-0.1, -0.05) is 36.4 Å². The summed E-state index contributed by atoms with van der Waals surface area (Å²) in [6.07, 6.45) is -20.9. The van der Waals surface area contributed by atoms with Crippen molar-refractivity contribution >= 4 is 59.1 Å². The maximum absolute atomic E-state index is 14.7. The van der Waals surface area contributed by atoms with Gasteiger partial charge in [0.25, 0.3) is 23.6 Å². The van der Waals surface area contributed by atoms with E-state index in [1.807, 2.05) is 13.8 Å². The molecule has 6 aliphatic rings. The van der Waals surface area contributed by atoms with Gasteiger partial charge in [-0.3, -0.25) is 19.2 Å². The van der Waals surface area contributed by atoms with Gasteiger partial charge < -0.3 is 124 Å². The summed E-state index contributed by atoms with van der Waals surface area (Å²) >= 11 is 0. The van der Waals surface area contributed by atoms with Crippen LogP contribution < -0.4 is 53.5 Å². The number of nitrogens with one attached hydrogen (secondary N) is 2. The Bertz CT molecular complexity index is 4350. The van der Waals surface area contributed by atoms with Crippen LogP contribution in [-0.4, -0.2) is 272 Å². The number of aliphatic carboxylic acids is 2. The van der Waals surface area contributed by atoms with E-state index in [4.69, 9.17) is 52.1 Å². The summed E-state index contributed by atoms with van der Waals surface area (Å²) in [5.41, 5.74) is 0.672. The third-order valence-corrected chi connectivity index (χ3v) is 19.3. The van der Waals surface area contributed by atoms with Gasteiger partial charge in [-0.25, -0.2) is 29.0 Å². The highest BCUT2D eigenvalue weighted by atomic mass is 16.7. The number of aliphatic hydroxyl groups is 8. The van der Waals surface area contributed by atoms with E-state index in [0.29, 0.717) is 30.4 Å². The zero-order chi connectivity index (χ0) is 80.0. The normalized spacial score (nSPS) is 24.8. The second-order valence-electron chi connectivity index (χ2n) is 27.3. The molecule has 6 aliphatic heterocycles. The summed E-state index contributed by atoms with van der Waals surface area (Å²) in [7, 11) is 4.09. The molecule has 4 aromatic carbocycles. The van der Waals surface area contributed by atoms with Crippen LogP contribution in [0.4, 0.5) is 21.0 Å². The van der Waals surface area contributed by atoms with Crippen molar-refractivity contribution in [1.82, 2.24) is 30.3 Å². The van der Waals surface area contributed by atoms with E-state index in [1.165, 1.54) is 91.8 Å². The fraction of sp³-hybridized carbons (Fsp3) is 0.479. The van der Waals surface area contributed by atoms with Crippen LogP contribution >= 0.6 is 0 Å². The lowest BCUT2D eigenvalue weighted by Crippen LogP contribution is -2.61. The molecule has 1 aromatic heterocycles. The minimum Gasteiger partial charge on any atom is -0.493 e. The Morgan fingerprint density at radius 1 is 0.568 bits per heavy atom. The van der Waals surface area contributed by atoms with Crippen molar-refractivity contribution in [2.75, 3.05) is 77.1 Å². The second kappa shape index (κ2) is 35.1. The summed E-state index contributed by atoms with van der Waals surface area (Å²) in [4.78, 5) is 114. The third-order valence-electron chi connectivity index (χ3n) is 19.3. The molecule has 6 amide bonds. The predicted octanol–water partition coefficient (Wildman–Crippen LogP) is 0.237. The molecule has 5 aromatic rings. The molecule has 0 radical (unpaired) electrons. The van der Waals surface area contributed by atoms with Crippen molar-refractivity contribution in [3.8, 4) is 34.5 Å². The maximum atomic E-state index is 14.7. The Labute approximate surface area is 633 Å². The zero-order valence-corrected chi connectivity index (χ0v) is 61.0. The molecule has 0 bridgehead atoms. The quantitative estimate of drug-likeness (QED) is 0.0173. The first-order valence-electron chi connectivity index (χ1n) is 35.4. The van der Waals surface area contributed by atoms with Crippen LogP contribution in [0, 0.1) is 0 Å². The summed E-state index contributed by atoms with van der Waals surface area (Å²) in [6.45, 7) is 11.2. The molecule has 4 fully saturated rings. The van der Waals surface area contributed by atoms with Gasteiger partial charge >= 0.3 is 24.1 Å². The monoisotopic (exact) mass is 1550 g/mol. The predicted molar refractivity (Wildman–Crippen MR) is 377 cm³/mol. The van der Waals surface area contributed by atoms with E-state index in [1.54, 1.807) is 21.8 Å². The lowest BCUT2D eigenvalue weighted by molar-refractivity contribution is -0.753. The summed E-state index contributed by atoms with van der Waals surface area (Å²) in [5.74, 6) is -6.30. The van der Waals surface area contributed by atoms with Gasteiger partial charge in [0, 0.05) is 38.9 Å². The SMILES string of the molecule is C=C1C[C@H]2C(O)N(C(=O)OCc3ccc(O[C@@H]4O[C@H](C(=O)O)[C@@H](O)[C@H](O)[C@H]4O)c(C(=O)NCCOC)c3)c3cc(OCCCCCOc4cc5c(cc4OC)C(=O)N4CC(=C)C[C@H]4C(O)N5C(=O)OCc4ccc(O[C@@H]5O[C@H](C(=O)O)[C@@H](O)[C@H](O)[C@H]5O)c(C(=O)NCC[n+]5ccn(C(C)C)n5)c4)c(OC)cc3C(=O)N2C1. The van der Waals surface area contributed by atoms with E-state index in [0.717, 1.165) is 9.80 Å². The van der Waals surface area contributed by atoms with Gasteiger partial charge in [0.15, 0.2) is 60.1 Å². The molecule has 2 unspecified atom stereocenters. The van der Waals surface area contributed by atoms with Crippen molar-refractivity contribution in [2.24, 2.45) is 0 Å². The Hall–Kier alpha value is -10.8. The molecule has 598 valence electrons. The van der Waals surface area contributed by atoms with Crippen molar-refractivity contribution in [3.05, 3.63) is 131 Å². The van der Waals surface area contributed by atoms with Gasteiger partial charge in [0.05, 0.1) is 91.5 Å². The fourth-order valence-electron chi connectivity index (χ4n) is 13.5. The molecule has 38 nitrogen and oxygen atoms in total. The number of methoxy groups -OCH3 is 3. The lowest BCUT2D eigenvalue weighted by atomic mass is 9.99. The van der Waals surface area contributed by atoms with Crippen LogP contribution in [0.2, 0.25) is 0 Å². The fourth-order valence-corrected chi connectivity index (χ4v) is 13.5. The van der Waals surface area contributed by atoms with Crippen LogP contribution in [0.25, 0.3) is 0 Å². The Morgan fingerprint density at radius 3 is 1.41 bits per heavy atom. The van der Waals surface area contributed by atoms with Crippen molar-refractivity contribution in [2.45, 2.75) is 158 Å². The Kier molecular flexibility index (Phi) is 25.7. The number of benzene rings is 4. The van der Waals surface area contributed by atoms with E-state index >= 15 is 0 Å². The first-order chi connectivity index (χ1) is 53.0. The number of amides is 6. The number of carbonyl (C=O) groups is 8. The highest BCUT2D eigenvalue weighted by Crippen LogP contribution is 2.45. The number of hydrogen-bond donors (Lipinski definition) is 12. The number of unbranched alkanes of at least 4 members (excludes halogenated alkanes) is 2. The number of carbonyl (C=O) groups excluding carboxylic acids is 6. The van der Waals surface area contributed by atoms with Crippen LogP contribution in [0.3, 0.4) is 0 Å². The Morgan fingerprint density at radius 2 is 1.01 bits per heavy atom. The number of carboxylic acids is 2. The second-order valence-corrected chi connectivity index (χ2v) is 27.3. The smallest absolute Gasteiger partial charge is 0.416 e. The van der Waals surface area contributed by atoms with Crippen LogP contribution in [0.1, 0.15) is 105 Å². The third kappa shape index (κ3) is 17.5. The topological polar surface area (TPSA) is 499 Å². The molecular weight excluding hydrogens is 1470 g/mol. The zero-order valence-electron chi connectivity index (χ0n) is 61.0. The van der Waals surface area contributed by atoms with Crippen molar-refractivity contribution in [1.29, 1.82) is 0 Å². The average Bonchev–Trinajstić information content (AvgIpc) is 1.61. The van der Waals surface area contributed by atoms with Gasteiger partial charge in [0.2, 0.25) is 12.6 Å². The molecule has 7 heterocycles. The van der Waals surface area contributed by atoms with Crippen LogP contribution in [0.15, 0.2) is 97.4 Å². The van der Waals surface area contributed by atoms with Gasteiger partial charge in [0.1, 0.15) is 73.9 Å². The number of ether oxygens (including phenoxy) is 11. The number of carboxylic acid groups (broad SMARTS) is 2. The molecule has 38 heteroatoms. The number of nitrogens with zero attached hydrogens (tertiary/aromatic N) is 7. The highest BCUT2D eigenvalue weighted by Gasteiger charge is 2.52. The molecule has 0 spiro atoms. The van der Waals surface area contributed by atoms with Gasteiger partial charge in [-0.15, -0.1) is 9.36 Å². The highest BCUT2D eigenvalue weighted by molar-refractivity contribution is 6.07. The molecule has 0 aliphatic carbocycles. The molecule has 12 N–H and O–H groups in total. The first kappa shape index (κ1) is 81.2. The van der Waals surface area contributed by atoms with E-state index < -0.39 is 147 Å². The van der Waals surface area contributed by atoms with E-state index in [2.05, 4.69) is 29.0 Å². The number of fused-ring (bicyclic) bond motifs is 4. The summed E-state index contributed by atoms with van der Waals surface area (Å²) in [6, 6.07) is 11.3. The molecule has 111 heavy (non-hydrogen) atoms. The standard InChI is InChI=1S/C73H87N9O29/c1-35(2)80-19-18-77(76-80)17-15-74-62(89)42-25-38(11-13-48(42)108-70-58(87)54(83)56(85)60(110-70)68(95)96)33-106-72(99)81-44-29-52(50(102-6)27-40(44)64(91)78-31-36(3)23-46(78)66(81)93)104-20-9-8-10-21-105-53-30-45-41(28-51(53)103-7)65(92)79-32-37(4)24-47(79)67(94)82(45)73(100)107-34-39-12-14-49(43(26-39)63(90)75-16-22-101-5)109-71-59(88)55(84)57(86)61(111-71)69(97)98/h11-14,18-19,25-30,35,46-47,54-61,66-67,70-71,83-88,93-94H,3-4,8-10,15-17,20-24,31-34H2,1-2,5-7H3,(H3-,74,75,89,90,95,96,97,98)/p+1/t46-,47-,54-,55-,56-,57-,58+,59+,60-,61-,66?,67?,70+,71+/m0/s1. The lowest BCUT2D eigenvalue weighted by Gasteiger charge is -2.38. The van der Waals surface area contributed by atoms with Gasteiger partial charge in [-0.2, -0.15) is 0 Å². The largest absolute Gasteiger partial charge is 0.493 e. The Balaban J connectivity index is 0.772. The maximum Gasteiger partial charge on any atom is 0.416 e. The number of anilines is 2. The minimum absolute atomic E-state index is 0.00261. The van der Waals surface area contributed by atoms with Crippen LogP contribution in [-0.2, 0) is 53.0 Å². The number of aromatic nitrogens is 3. The van der Waals surface area contributed by atoms with Crippen molar-refractivity contribution < 1.29 is 146 Å². The van der Waals surface area contributed by atoms with E-state index in [9.17, 15) is 89.4 Å². The number of rotatable bonds is 29. The molecule has 11 rings (SSSR count). The van der Waals surface area contributed by atoms with Crippen LogP contribution in [0.5, 0.6) is 34.5 Å². The molecule has 0 saturated carbocycles. The number of hydrogen-bond acceptors (Lipinski definition) is 28. The first-order valence-corrected chi connectivity index (χ1v) is 35.4. The van der Waals surface area contributed by atoms with Crippen molar-refractivity contribution in [3.63, 3.8) is 0 Å². The minimum atomic E-state index is -2.04. The molecular formula is C73H88N9O29+. The number of aliphatic hydroxyl groups excluding tert-OH is 8. The summed E-state index contributed by atoms with van der Waals surface area (Å²) < 4.78 is 66.2.